The van der Waals surface area contributed by atoms with Crippen molar-refractivity contribution in [2.45, 2.75) is 27.0 Å². The molecule has 3 rings (SSSR count). The van der Waals surface area contributed by atoms with Gasteiger partial charge in [0, 0.05) is 12.2 Å². The lowest BCUT2D eigenvalue weighted by Crippen LogP contribution is -2.09. The van der Waals surface area contributed by atoms with Crippen molar-refractivity contribution in [3.63, 3.8) is 0 Å². The summed E-state index contributed by atoms with van der Waals surface area (Å²) < 4.78 is 7.90. The normalized spacial score (nSPS) is 12.5. The van der Waals surface area contributed by atoms with Crippen LogP contribution in [0.1, 0.15) is 25.6 Å². The van der Waals surface area contributed by atoms with Gasteiger partial charge in [-0.2, -0.15) is 0 Å². The molecule has 0 N–H and O–H groups in total. The van der Waals surface area contributed by atoms with Gasteiger partial charge < -0.3 is 9.30 Å². The molecule has 3 nitrogen and oxygen atoms in total. The first-order valence-corrected chi connectivity index (χ1v) is 8.38. The van der Waals surface area contributed by atoms with E-state index in [0.29, 0.717) is 6.61 Å². The number of nitrogens with zero attached hydrogens (tertiary/aromatic N) is 2. The summed E-state index contributed by atoms with van der Waals surface area (Å²) in [5.41, 5.74) is 4.54. The Labute approximate surface area is 135 Å². The molecule has 0 fully saturated rings. The first-order valence-electron chi connectivity index (χ1n) is 7.50. The highest BCUT2D eigenvalue weighted by Crippen LogP contribution is 2.36. The van der Waals surface area contributed by atoms with E-state index in [1.165, 1.54) is 10.4 Å². The van der Waals surface area contributed by atoms with Crippen LogP contribution >= 0.6 is 11.3 Å². The molecule has 0 spiro atoms. The minimum absolute atomic E-state index is 0.0348. The molecule has 0 aliphatic carbocycles. The van der Waals surface area contributed by atoms with Gasteiger partial charge in [0.05, 0.1) is 22.6 Å². The molecule has 1 unspecified atom stereocenters. The van der Waals surface area contributed by atoms with Crippen LogP contribution in [0.4, 0.5) is 0 Å². The fourth-order valence-electron chi connectivity index (χ4n) is 2.56. The maximum Gasteiger partial charge on any atom is 0.132 e. The fourth-order valence-corrected chi connectivity index (χ4v) is 3.51. The first-order chi connectivity index (χ1) is 10.7. The van der Waals surface area contributed by atoms with Crippen LogP contribution in [-0.4, -0.2) is 16.2 Å². The lowest BCUT2D eigenvalue weighted by Gasteiger charge is -2.16. The molecule has 4 heteroatoms. The van der Waals surface area contributed by atoms with Crippen LogP contribution in [0, 0.1) is 6.92 Å². The number of ether oxygens (including phenoxy) is 1. The van der Waals surface area contributed by atoms with Gasteiger partial charge in [-0.1, -0.05) is 30.3 Å². The van der Waals surface area contributed by atoms with Gasteiger partial charge in [-0.3, -0.25) is 0 Å². The van der Waals surface area contributed by atoms with Crippen molar-refractivity contribution >= 4 is 11.3 Å². The average Bonchev–Trinajstić information content (AvgIpc) is 3.14. The molecular weight excluding hydrogens is 292 g/mol. The van der Waals surface area contributed by atoms with Gasteiger partial charge in [-0.05, 0) is 37.8 Å². The zero-order chi connectivity index (χ0) is 15.5. The van der Waals surface area contributed by atoms with E-state index in [2.05, 4.69) is 47.0 Å². The molecule has 2 aromatic heterocycles. The number of aryl methyl sites for hydroxylation is 1. The number of hydrogen-bond acceptors (Lipinski definition) is 3. The summed E-state index contributed by atoms with van der Waals surface area (Å²) in [6, 6.07) is 12.5. The molecule has 114 valence electrons. The standard InChI is InChI=1S/C18H20N2OS/c1-4-21-14(3)20-12-19-17(15-8-6-5-7-9-15)18(20)16-10-13(2)11-22-16/h5-12,14H,4H2,1-3H3. The molecule has 0 bridgehead atoms. The monoisotopic (exact) mass is 312 g/mol. The van der Waals surface area contributed by atoms with E-state index in [4.69, 9.17) is 4.74 Å². The van der Waals surface area contributed by atoms with Crippen LogP contribution in [0.2, 0.25) is 0 Å². The summed E-state index contributed by atoms with van der Waals surface area (Å²) in [5, 5.41) is 2.17. The quantitative estimate of drug-likeness (QED) is 0.652. The molecule has 0 saturated heterocycles. The molecule has 0 aliphatic heterocycles. The van der Waals surface area contributed by atoms with E-state index in [0.717, 1.165) is 17.0 Å². The van der Waals surface area contributed by atoms with Crippen LogP contribution in [0.3, 0.4) is 0 Å². The van der Waals surface area contributed by atoms with Crippen molar-refractivity contribution in [2.75, 3.05) is 6.61 Å². The van der Waals surface area contributed by atoms with Crippen LogP contribution in [-0.2, 0) is 4.74 Å². The van der Waals surface area contributed by atoms with Gasteiger partial charge in [-0.15, -0.1) is 11.3 Å². The summed E-state index contributed by atoms with van der Waals surface area (Å²) in [4.78, 5) is 5.89. The summed E-state index contributed by atoms with van der Waals surface area (Å²) in [6.45, 7) is 6.88. The summed E-state index contributed by atoms with van der Waals surface area (Å²) >= 11 is 1.75. The average molecular weight is 312 g/mol. The van der Waals surface area contributed by atoms with Crippen molar-refractivity contribution in [1.82, 2.24) is 9.55 Å². The molecular formula is C18H20N2OS. The molecule has 1 atom stereocenters. The topological polar surface area (TPSA) is 27.1 Å². The zero-order valence-electron chi connectivity index (χ0n) is 13.1. The maximum atomic E-state index is 5.77. The van der Waals surface area contributed by atoms with Crippen LogP contribution in [0.5, 0.6) is 0 Å². The second-order valence-corrected chi connectivity index (χ2v) is 6.17. The van der Waals surface area contributed by atoms with Crippen molar-refractivity contribution in [3.8, 4) is 21.8 Å². The van der Waals surface area contributed by atoms with E-state index >= 15 is 0 Å². The molecule has 22 heavy (non-hydrogen) atoms. The minimum Gasteiger partial charge on any atom is -0.359 e. The van der Waals surface area contributed by atoms with Crippen LogP contribution < -0.4 is 0 Å². The van der Waals surface area contributed by atoms with Crippen LogP contribution in [0.15, 0.2) is 48.1 Å². The van der Waals surface area contributed by atoms with E-state index in [-0.39, 0.29) is 6.23 Å². The molecule has 0 saturated carbocycles. The lowest BCUT2D eigenvalue weighted by atomic mass is 10.1. The van der Waals surface area contributed by atoms with Crippen molar-refractivity contribution in [2.24, 2.45) is 0 Å². The van der Waals surface area contributed by atoms with Crippen molar-refractivity contribution < 1.29 is 4.74 Å². The fraction of sp³-hybridized carbons (Fsp3) is 0.278. The SMILES string of the molecule is CCOC(C)n1cnc(-c2ccccc2)c1-c1cc(C)cs1. The van der Waals surface area contributed by atoms with Gasteiger partial charge in [0.1, 0.15) is 6.23 Å². The Kier molecular flexibility index (Phi) is 4.41. The van der Waals surface area contributed by atoms with E-state index < -0.39 is 0 Å². The predicted octanol–water partition coefficient (Wildman–Crippen LogP) is 5.14. The number of hydrogen-bond donors (Lipinski definition) is 0. The summed E-state index contributed by atoms with van der Waals surface area (Å²) in [6.07, 6.45) is 1.85. The Balaban J connectivity index is 2.15. The number of thiophene rings is 1. The summed E-state index contributed by atoms with van der Waals surface area (Å²) in [5.74, 6) is 0. The molecule has 2 heterocycles. The van der Waals surface area contributed by atoms with Gasteiger partial charge in [-0.25, -0.2) is 4.98 Å². The Morgan fingerprint density at radius 2 is 2.05 bits per heavy atom. The summed E-state index contributed by atoms with van der Waals surface area (Å²) in [7, 11) is 0. The maximum absolute atomic E-state index is 5.77. The first kappa shape index (κ1) is 15.0. The molecule has 0 aliphatic rings. The molecule has 3 aromatic rings. The van der Waals surface area contributed by atoms with E-state index in [9.17, 15) is 0 Å². The highest BCUT2D eigenvalue weighted by Gasteiger charge is 2.19. The third kappa shape index (κ3) is 2.85. The van der Waals surface area contributed by atoms with Gasteiger partial charge in [0.15, 0.2) is 0 Å². The lowest BCUT2D eigenvalue weighted by molar-refractivity contribution is 0.0259. The number of imidazole rings is 1. The highest BCUT2D eigenvalue weighted by atomic mass is 32.1. The van der Waals surface area contributed by atoms with Gasteiger partial charge in [0.2, 0.25) is 0 Å². The van der Waals surface area contributed by atoms with Gasteiger partial charge in [0.25, 0.3) is 0 Å². The van der Waals surface area contributed by atoms with Crippen molar-refractivity contribution in [1.29, 1.82) is 0 Å². The third-order valence-corrected chi connectivity index (χ3v) is 4.66. The van der Waals surface area contributed by atoms with E-state index in [1.807, 2.05) is 31.5 Å². The second-order valence-electron chi connectivity index (χ2n) is 5.26. The molecule has 0 amide bonds. The minimum atomic E-state index is -0.0348. The second kappa shape index (κ2) is 6.46. The third-order valence-electron chi connectivity index (χ3n) is 3.60. The number of benzene rings is 1. The van der Waals surface area contributed by atoms with Crippen molar-refractivity contribution in [3.05, 3.63) is 53.7 Å². The number of aromatic nitrogens is 2. The van der Waals surface area contributed by atoms with Gasteiger partial charge >= 0.3 is 0 Å². The predicted molar refractivity (Wildman–Crippen MR) is 92.1 cm³/mol. The Morgan fingerprint density at radius 1 is 1.27 bits per heavy atom. The Morgan fingerprint density at radius 3 is 2.68 bits per heavy atom. The van der Waals surface area contributed by atoms with E-state index in [1.54, 1.807) is 11.3 Å². The molecule has 1 aromatic carbocycles. The smallest absolute Gasteiger partial charge is 0.132 e. The molecule has 0 radical (unpaired) electrons. The largest absolute Gasteiger partial charge is 0.359 e. The Hall–Kier alpha value is -1.91. The number of rotatable bonds is 5. The van der Waals surface area contributed by atoms with Crippen LogP contribution in [0.25, 0.3) is 21.8 Å². The highest BCUT2D eigenvalue weighted by molar-refractivity contribution is 7.13. The Bertz CT molecular complexity index is 746. The zero-order valence-corrected chi connectivity index (χ0v) is 13.9.